The fourth-order valence-electron chi connectivity index (χ4n) is 1.43. The zero-order valence-corrected chi connectivity index (χ0v) is 11.8. The van der Waals surface area contributed by atoms with Gasteiger partial charge < -0.3 is 0 Å². The fraction of sp³-hybridized carbons (Fsp3) is 0.500. The van der Waals surface area contributed by atoms with Gasteiger partial charge in [-0.25, -0.2) is 8.42 Å². The predicted molar refractivity (Wildman–Crippen MR) is 65.3 cm³/mol. The molecule has 0 fully saturated rings. The molecule has 0 saturated heterocycles. The lowest BCUT2D eigenvalue weighted by Gasteiger charge is -2.04. The third-order valence-corrected chi connectivity index (χ3v) is 4.27. The molecule has 0 saturated carbocycles. The molecule has 1 aromatic heterocycles. The molecule has 0 atom stereocenters. The summed E-state index contributed by atoms with van der Waals surface area (Å²) in [5.74, 6) is -0.822. The van der Waals surface area contributed by atoms with E-state index < -0.39 is 27.5 Å². The summed E-state index contributed by atoms with van der Waals surface area (Å²) in [5, 5.41) is 3.25. The van der Waals surface area contributed by atoms with Crippen molar-refractivity contribution in [2.24, 2.45) is 7.05 Å². The highest BCUT2D eigenvalue weighted by Crippen LogP contribution is 2.28. The number of hydrogen-bond donors (Lipinski definition) is 0. The van der Waals surface area contributed by atoms with Crippen LogP contribution in [0.2, 0.25) is 0 Å². The van der Waals surface area contributed by atoms with Crippen LogP contribution in [0.25, 0.3) is 0 Å². The Hall–Kier alpha value is -1.02. The predicted octanol–water partition coefficient (Wildman–Crippen LogP) is 2.50. The van der Waals surface area contributed by atoms with Crippen LogP contribution in [0.1, 0.15) is 18.3 Å². The van der Waals surface area contributed by atoms with Crippen molar-refractivity contribution in [3.8, 4) is 0 Å². The molecule has 0 N–H and O–H groups in total. The summed E-state index contributed by atoms with van der Waals surface area (Å²) in [6, 6.07) is 0.733. The van der Waals surface area contributed by atoms with E-state index in [-0.39, 0.29) is 11.4 Å². The van der Waals surface area contributed by atoms with E-state index in [4.69, 9.17) is 11.6 Å². The molecule has 1 rings (SSSR count). The van der Waals surface area contributed by atoms with Crippen molar-refractivity contribution in [2.45, 2.75) is 18.9 Å². The monoisotopic (exact) mass is 316 g/mol. The second-order valence-electron chi connectivity index (χ2n) is 4.13. The first-order chi connectivity index (χ1) is 8.55. The summed E-state index contributed by atoms with van der Waals surface area (Å²) >= 11 is 5.36. The Balaban J connectivity index is 2.98. The van der Waals surface area contributed by atoms with E-state index in [2.05, 4.69) is 5.10 Å². The van der Waals surface area contributed by atoms with Crippen LogP contribution in [0.4, 0.5) is 13.2 Å². The van der Waals surface area contributed by atoms with Crippen molar-refractivity contribution in [1.29, 1.82) is 0 Å². The van der Waals surface area contributed by atoms with E-state index in [1.165, 1.54) is 14.0 Å². The molecular formula is C10H12ClF3N2O2S. The number of rotatable bonds is 4. The van der Waals surface area contributed by atoms with E-state index in [1.54, 1.807) is 0 Å². The van der Waals surface area contributed by atoms with Crippen LogP contribution < -0.4 is 0 Å². The standard InChI is InChI=1S/C10H12ClF3N2O2S/c1-7(4-11)5-19(17,18)6-8-3-9(10(12,13)14)15-16(8)2/h3-4H,5-6H2,1-2H3/b7-4+. The molecule has 0 unspecified atom stereocenters. The summed E-state index contributed by atoms with van der Waals surface area (Å²) in [5.41, 5.74) is 0.418. The molecule has 1 aromatic rings. The Morgan fingerprint density at radius 1 is 1.53 bits per heavy atom. The maximum atomic E-state index is 12.4. The second kappa shape index (κ2) is 5.54. The third-order valence-electron chi connectivity index (χ3n) is 2.27. The van der Waals surface area contributed by atoms with Crippen LogP contribution >= 0.6 is 11.6 Å². The molecule has 19 heavy (non-hydrogen) atoms. The van der Waals surface area contributed by atoms with Gasteiger partial charge in [0, 0.05) is 12.6 Å². The minimum absolute atomic E-state index is 0.0188. The van der Waals surface area contributed by atoms with Gasteiger partial charge in [0.1, 0.15) is 0 Å². The first-order valence-electron chi connectivity index (χ1n) is 5.11. The Morgan fingerprint density at radius 2 is 2.11 bits per heavy atom. The molecule has 0 spiro atoms. The average molecular weight is 317 g/mol. The molecule has 0 aliphatic heterocycles. The van der Waals surface area contributed by atoms with Crippen LogP contribution in [0.5, 0.6) is 0 Å². The number of aromatic nitrogens is 2. The Labute approximate surface area is 113 Å². The first kappa shape index (κ1) is 16.0. The number of halogens is 4. The van der Waals surface area contributed by atoms with Crippen molar-refractivity contribution < 1.29 is 21.6 Å². The van der Waals surface area contributed by atoms with Gasteiger partial charge in [-0.2, -0.15) is 18.3 Å². The Morgan fingerprint density at radius 3 is 2.53 bits per heavy atom. The van der Waals surface area contributed by atoms with Gasteiger partial charge in [0.2, 0.25) is 0 Å². The van der Waals surface area contributed by atoms with Gasteiger partial charge in [0.25, 0.3) is 0 Å². The molecule has 108 valence electrons. The van der Waals surface area contributed by atoms with Crippen LogP contribution in [-0.4, -0.2) is 24.0 Å². The summed E-state index contributed by atoms with van der Waals surface area (Å²) in [6.07, 6.45) is -4.59. The average Bonchev–Trinajstić information content (AvgIpc) is 2.58. The quantitative estimate of drug-likeness (QED) is 0.857. The summed E-state index contributed by atoms with van der Waals surface area (Å²) in [4.78, 5) is 0. The Bertz CT molecular complexity index is 590. The van der Waals surface area contributed by atoms with Crippen LogP contribution in [-0.2, 0) is 28.8 Å². The number of alkyl halides is 3. The van der Waals surface area contributed by atoms with Gasteiger partial charge in [-0.3, -0.25) is 4.68 Å². The minimum Gasteiger partial charge on any atom is -0.271 e. The van der Waals surface area contributed by atoms with Gasteiger partial charge in [0.05, 0.1) is 17.2 Å². The van der Waals surface area contributed by atoms with Crippen LogP contribution in [0, 0.1) is 0 Å². The van der Waals surface area contributed by atoms with Crippen molar-refractivity contribution in [3.05, 3.63) is 28.6 Å². The molecule has 0 aromatic carbocycles. The van der Waals surface area contributed by atoms with Crippen LogP contribution in [0.15, 0.2) is 17.2 Å². The van der Waals surface area contributed by atoms with E-state index in [1.807, 2.05) is 0 Å². The molecule has 9 heteroatoms. The van der Waals surface area contributed by atoms with Crippen molar-refractivity contribution >= 4 is 21.4 Å². The van der Waals surface area contributed by atoms with E-state index in [0.717, 1.165) is 16.3 Å². The van der Waals surface area contributed by atoms with Gasteiger partial charge in [-0.1, -0.05) is 11.6 Å². The van der Waals surface area contributed by atoms with E-state index in [0.29, 0.717) is 5.57 Å². The van der Waals surface area contributed by atoms with Crippen molar-refractivity contribution in [2.75, 3.05) is 5.75 Å². The number of aryl methyl sites for hydroxylation is 1. The second-order valence-corrected chi connectivity index (χ2v) is 6.41. The summed E-state index contributed by atoms with van der Waals surface area (Å²) in [7, 11) is -2.31. The SMILES string of the molecule is C/C(=C\Cl)CS(=O)(=O)Cc1cc(C(F)(F)F)nn1C. The van der Waals surface area contributed by atoms with Gasteiger partial charge in [-0.05, 0) is 18.6 Å². The van der Waals surface area contributed by atoms with Gasteiger partial charge in [-0.15, -0.1) is 0 Å². The number of nitrogens with zero attached hydrogens (tertiary/aromatic N) is 2. The molecule has 1 heterocycles. The minimum atomic E-state index is -4.59. The number of hydrogen-bond acceptors (Lipinski definition) is 3. The molecule has 4 nitrogen and oxygen atoms in total. The highest BCUT2D eigenvalue weighted by atomic mass is 35.5. The molecule has 0 radical (unpaired) electrons. The Kier molecular flexibility index (Phi) is 4.67. The largest absolute Gasteiger partial charge is 0.435 e. The third kappa shape index (κ3) is 4.54. The highest BCUT2D eigenvalue weighted by molar-refractivity contribution is 7.90. The maximum Gasteiger partial charge on any atom is 0.435 e. The lowest BCUT2D eigenvalue weighted by Crippen LogP contribution is -2.12. The molecule has 0 bridgehead atoms. The molecular weight excluding hydrogens is 305 g/mol. The normalized spacial score (nSPS) is 13.9. The zero-order valence-electron chi connectivity index (χ0n) is 10.2. The van der Waals surface area contributed by atoms with Crippen LogP contribution in [0.3, 0.4) is 0 Å². The lowest BCUT2D eigenvalue weighted by molar-refractivity contribution is -0.141. The van der Waals surface area contributed by atoms with Crippen molar-refractivity contribution in [1.82, 2.24) is 9.78 Å². The molecule has 0 aliphatic rings. The van der Waals surface area contributed by atoms with Gasteiger partial charge >= 0.3 is 6.18 Å². The lowest BCUT2D eigenvalue weighted by atomic mass is 10.4. The van der Waals surface area contributed by atoms with Gasteiger partial charge in [0.15, 0.2) is 15.5 Å². The molecule has 0 amide bonds. The zero-order chi connectivity index (χ0) is 14.8. The van der Waals surface area contributed by atoms with E-state index >= 15 is 0 Å². The first-order valence-corrected chi connectivity index (χ1v) is 7.37. The highest BCUT2D eigenvalue weighted by Gasteiger charge is 2.35. The smallest absolute Gasteiger partial charge is 0.271 e. The topological polar surface area (TPSA) is 52.0 Å². The van der Waals surface area contributed by atoms with Crippen molar-refractivity contribution in [3.63, 3.8) is 0 Å². The molecule has 0 aliphatic carbocycles. The summed E-state index contributed by atoms with van der Waals surface area (Å²) < 4.78 is 61.7. The number of sulfone groups is 1. The fourth-order valence-corrected chi connectivity index (χ4v) is 3.20. The maximum absolute atomic E-state index is 12.4. The van der Waals surface area contributed by atoms with E-state index in [9.17, 15) is 21.6 Å². The summed E-state index contributed by atoms with van der Waals surface area (Å²) in [6.45, 7) is 1.52.